The summed E-state index contributed by atoms with van der Waals surface area (Å²) in [5.41, 5.74) is 1.50. The van der Waals surface area contributed by atoms with E-state index in [1.165, 1.54) is 11.3 Å². The van der Waals surface area contributed by atoms with Crippen LogP contribution >= 0.6 is 11.3 Å². The van der Waals surface area contributed by atoms with Crippen LogP contribution in [0.4, 0.5) is 5.00 Å². The van der Waals surface area contributed by atoms with E-state index >= 15 is 0 Å². The van der Waals surface area contributed by atoms with Gasteiger partial charge in [-0.25, -0.2) is 4.98 Å². The number of amides is 1. The van der Waals surface area contributed by atoms with Crippen LogP contribution in [0.15, 0.2) is 29.6 Å². The first-order chi connectivity index (χ1) is 8.20. The van der Waals surface area contributed by atoms with Crippen molar-refractivity contribution in [3.05, 3.63) is 46.6 Å². The Kier molecular flexibility index (Phi) is 3.17. The first-order valence-electron chi connectivity index (χ1n) is 4.93. The molecule has 0 atom stereocenters. The molecule has 2 aromatic heterocycles. The number of nitrogens with zero attached hydrogens (tertiary/aromatic N) is 2. The number of carbonyl (C=O) groups excluding carboxylic acids is 1. The molecule has 0 aromatic carbocycles. The Balaban J connectivity index is 2.21. The number of hydrogen-bond donors (Lipinski definition) is 1. The smallest absolute Gasteiger partial charge is 0.274 e. The van der Waals surface area contributed by atoms with Crippen LogP contribution in [-0.4, -0.2) is 10.9 Å². The molecule has 0 spiro atoms. The van der Waals surface area contributed by atoms with Gasteiger partial charge in [0.15, 0.2) is 0 Å². The van der Waals surface area contributed by atoms with Crippen molar-refractivity contribution in [3.63, 3.8) is 0 Å². The Bertz CT molecular complexity index is 598. The molecule has 0 aliphatic carbocycles. The third kappa shape index (κ3) is 2.49. The molecule has 1 N–H and O–H groups in total. The Morgan fingerprint density at radius 2 is 2.29 bits per heavy atom. The van der Waals surface area contributed by atoms with Gasteiger partial charge in [-0.15, -0.1) is 11.3 Å². The molecule has 1 amide bonds. The number of thiophene rings is 1. The number of nitrogens with one attached hydrogen (secondary N) is 1. The molecule has 0 saturated heterocycles. The molecule has 2 aromatic rings. The highest BCUT2D eigenvalue weighted by Gasteiger charge is 2.10. The number of anilines is 1. The van der Waals surface area contributed by atoms with Gasteiger partial charge in [0, 0.05) is 0 Å². The number of aromatic nitrogens is 1. The summed E-state index contributed by atoms with van der Waals surface area (Å²) < 4.78 is 0. The van der Waals surface area contributed by atoms with E-state index in [9.17, 15) is 4.79 Å². The van der Waals surface area contributed by atoms with Gasteiger partial charge in [-0.1, -0.05) is 6.07 Å². The van der Waals surface area contributed by atoms with Gasteiger partial charge in [0.05, 0.1) is 5.00 Å². The SMILES string of the molecule is Cc1ccsc1NC(=O)c1cccc(C#N)n1. The van der Waals surface area contributed by atoms with Crippen molar-refractivity contribution in [1.29, 1.82) is 5.26 Å². The molecule has 0 fully saturated rings. The molecule has 0 radical (unpaired) electrons. The third-order valence-corrected chi connectivity index (χ3v) is 3.12. The van der Waals surface area contributed by atoms with Crippen molar-refractivity contribution in [2.45, 2.75) is 6.92 Å². The second kappa shape index (κ2) is 4.76. The average molecular weight is 243 g/mol. The van der Waals surface area contributed by atoms with E-state index in [2.05, 4.69) is 10.3 Å². The standard InChI is InChI=1S/C12H9N3OS/c1-8-5-6-17-12(8)15-11(16)10-4-2-3-9(7-13)14-10/h2-6H,1H3,(H,15,16). The molecular weight excluding hydrogens is 234 g/mol. The van der Waals surface area contributed by atoms with Crippen molar-refractivity contribution in [1.82, 2.24) is 4.98 Å². The first-order valence-corrected chi connectivity index (χ1v) is 5.81. The topological polar surface area (TPSA) is 65.8 Å². The van der Waals surface area contributed by atoms with Gasteiger partial charge in [0.25, 0.3) is 5.91 Å². The largest absolute Gasteiger partial charge is 0.312 e. The van der Waals surface area contributed by atoms with Crippen molar-refractivity contribution >= 4 is 22.2 Å². The van der Waals surface area contributed by atoms with Crippen LogP contribution in [0.3, 0.4) is 0 Å². The lowest BCUT2D eigenvalue weighted by atomic mass is 10.3. The maximum Gasteiger partial charge on any atom is 0.274 e. The van der Waals surface area contributed by atoms with E-state index in [1.54, 1.807) is 18.2 Å². The molecular formula is C12H9N3OS. The van der Waals surface area contributed by atoms with E-state index < -0.39 is 0 Å². The van der Waals surface area contributed by atoms with Crippen LogP contribution in [-0.2, 0) is 0 Å². The lowest BCUT2D eigenvalue weighted by Gasteiger charge is -2.03. The molecule has 0 aliphatic heterocycles. The minimum absolute atomic E-state index is 0.237. The van der Waals surface area contributed by atoms with Gasteiger partial charge in [-0.3, -0.25) is 4.79 Å². The summed E-state index contributed by atoms with van der Waals surface area (Å²) in [4.78, 5) is 15.8. The van der Waals surface area contributed by atoms with Gasteiger partial charge in [-0.2, -0.15) is 5.26 Å². The van der Waals surface area contributed by atoms with E-state index in [4.69, 9.17) is 5.26 Å². The fourth-order valence-corrected chi connectivity index (χ4v) is 2.11. The lowest BCUT2D eigenvalue weighted by Crippen LogP contribution is -2.13. The van der Waals surface area contributed by atoms with Gasteiger partial charge in [-0.05, 0) is 36.1 Å². The summed E-state index contributed by atoms with van der Waals surface area (Å²) in [6, 6.07) is 8.62. The van der Waals surface area contributed by atoms with Crippen molar-refractivity contribution < 1.29 is 4.79 Å². The van der Waals surface area contributed by atoms with Crippen LogP contribution in [0.25, 0.3) is 0 Å². The molecule has 0 saturated carbocycles. The number of rotatable bonds is 2. The maximum atomic E-state index is 11.9. The maximum absolute atomic E-state index is 11.9. The van der Waals surface area contributed by atoms with Crippen LogP contribution in [0.2, 0.25) is 0 Å². The number of aryl methyl sites for hydroxylation is 1. The van der Waals surface area contributed by atoms with Crippen molar-refractivity contribution in [2.75, 3.05) is 5.32 Å². The van der Waals surface area contributed by atoms with Gasteiger partial charge in [0.2, 0.25) is 0 Å². The summed E-state index contributed by atoms with van der Waals surface area (Å²) in [5.74, 6) is -0.298. The normalized spacial score (nSPS) is 9.65. The first kappa shape index (κ1) is 11.3. The molecule has 0 aliphatic rings. The number of hydrogen-bond acceptors (Lipinski definition) is 4. The monoisotopic (exact) mass is 243 g/mol. The predicted octanol–water partition coefficient (Wildman–Crippen LogP) is 2.58. The summed E-state index contributed by atoms with van der Waals surface area (Å²) in [6.07, 6.45) is 0. The third-order valence-electron chi connectivity index (χ3n) is 2.19. The fraction of sp³-hybridized carbons (Fsp3) is 0.0833. The molecule has 4 nitrogen and oxygen atoms in total. The number of pyridine rings is 1. The Morgan fingerprint density at radius 3 is 2.94 bits per heavy atom. The van der Waals surface area contributed by atoms with Crippen LogP contribution in [0.5, 0.6) is 0 Å². The highest BCUT2D eigenvalue weighted by molar-refractivity contribution is 7.14. The predicted molar refractivity (Wildman–Crippen MR) is 66.0 cm³/mol. The zero-order valence-electron chi connectivity index (χ0n) is 9.10. The molecule has 5 heteroatoms. The van der Waals surface area contributed by atoms with Crippen LogP contribution < -0.4 is 5.32 Å². The minimum atomic E-state index is -0.298. The highest BCUT2D eigenvalue weighted by atomic mass is 32.1. The van der Waals surface area contributed by atoms with E-state index in [1.807, 2.05) is 24.4 Å². The summed E-state index contributed by atoms with van der Waals surface area (Å²) in [6.45, 7) is 1.92. The summed E-state index contributed by atoms with van der Waals surface area (Å²) >= 11 is 1.46. The highest BCUT2D eigenvalue weighted by Crippen LogP contribution is 2.22. The number of carbonyl (C=O) groups is 1. The second-order valence-electron chi connectivity index (χ2n) is 3.41. The number of nitriles is 1. The average Bonchev–Trinajstić information content (AvgIpc) is 2.75. The van der Waals surface area contributed by atoms with Gasteiger partial charge < -0.3 is 5.32 Å². The summed E-state index contributed by atoms with van der Waals surface area (Å²) in [5, 5.41) is 14.2. The molecule has 2 heterocycles. The Morgan fingerprint density at radius 1 is 1.47 bits per heavy atom. The zero-order chi connectivity index (χ0) is 12.3. The van der Waals surface area contributed by atoms with Gasteiger partial charge >= 0.3 is 0 Å². The lowest BCUT2D eigenvalue weighted by molar-refractivity contribution is 0.102. The van der Waals surface area contributed by atoms with E-state index in [-0.39, 0.29) is 17.3 Å². The minimum Gasteiger partial charge on any atom is -0.312 e. The molecule has 2 rings (SSSR count). The zero-order valence-corrected chi connectivity index (χ0v) is 9.91. The molecule has 17 heavy (non-hydrogen) atoms. The Hall–Kier alpha value is -2.19. The molecule has 0 bridgehead atoms. The van der Waals surface area contributed by atoms with Gasteiger partial charge in [0.1, 0.15) is 17.5 Å². The second-order valence-corrected chi connectivity index (χ2v) is 4.32. The van der Waals surface area contributed by atoms with Crippen molar-refractivity contribution in [2.24, 2.45) is 0 Å². The summed E-state index contributed by atoms with van der Waals surface area (Å²) in [7, 11) is 0. The molecule has 0 unspecified atom stereocenters. The quantitative estimate of drug-likeness (QED) is 0.881. The van der Waals surface area contributed by atoms with Crippen LogP contribution in [0.1, 0.15) is 21.7 Å². The van der Waals surface area contributed by atoms with Crippen LogP contribution in [0, 0.1) is 18.3 Å². The molecule has 84 valence electrons. The Labute approximate surface area is 103 Å². The van der Waals surface area contributed by atoms with E-state index in [0.29, 0.717) is 0 Å². The van der Waals surface area contributed by atoms with Crippen molar-refractivity contribution in [3.8, 4) is 6.07 Å². The van der Waals surface area contributed by atoms with E-state index in [0.717, 1.165) is 10.6 Å². The fourth-order valence-electron chi connectivity index (χ4n) is 1.29.